The molecule has 160 valence electrons. The number of nitrogens with zero attached hydrogens (tertiary/aromatic N) is 1. The molecule has 0 radical (unpaired) electrons. The molecule has 1 fully saturated rings. The molecule has 0 spiro atoms. The Kier molecular flexibility index (Phi) is 6.54. The molecule has 2 aromatic rings. The Hall–Kier alpha value is -3.16. The SMILES string of the molecule is Cc1cc(/C=C/C(=O)O[C@@H](C)C(=O)Nc2ccccc2OC(F)F)c(C)n1C1CC1. The van der Waals surface area contributed by atoms with Crippen molar-refractivity contribution in [1.82, 2.24) is 4.57 Å². The number of para-hydroxylation sites is 2. The van der Waals surface area contributed by atoms with Crippen molar-refractivity contribution in [3.05, 3.63) is 53.4 Å². The fourth-order valence-corrected chi connectivity index (χ4v) is 3.29. The second kappa shape index (κ2) is 9.11. The van der Waals surface area contributed by atoms with Gasteiger partial charge in [0.15, 0.2) is 6.10 Å². The Bertz CT molecular complexity index is 964. The van der Waals surface area contributed by atoms with Crippen LogP contribution in [-0.4, -0.2) is 29.2 Å². The molecule has 6 nitrogen and oxygen atoms in total. The van der Waals surface area contributed by atoms with Gasteiger partial charge in [-0.3, -0.25) is 4.79 Å². The molecule has 1 atom stereocenters. The van der Waals surface area contributed by atoms with Crippen molar-refractivity contribution in [2.75, 3.05) is 5.32 Å². The second-order valence-corrected chi connectivity index (χ2v) is 7.20. The summed E-state index contributed by atoms with van der Waals surface area (Å²) in [5.41, 5.74) is 3.21. The number of aryl methyl sites for hydroxylation is 1. The number of benzene rings is 1. The van der Waals surface area contributed by atoms with Crippen LogP contribution in [0.15, 0.2) is 36.4 Å². The third kappa shape index (κ3) is 5.25. The van der Waals surface area contributed by atoms with Gasteiger partial charge >= 0.3 is 12.6 Å². The summed E-state index contributed by atoms with van der Waals surface area (Å²) in [6.45, 7) is 2.41. The minimum Gasteiger partial charge on any atom is -0.449 e. The lowest BCUT2D eigenvalue weighted by atomic mass is 10.2. The second-order valence-electron chi connectivity index (χ2n) is 7.20. The number of nitrogens with one attached hydrogen (secondary N) is 1. The first-order valence-electron chi connectivity index (χ1n) is 9.68. The molecule has 8 heteroatoms. The molecule has 1 saturated carbocycles. The molecule has 1 N–H and O–H groups in total. The Labute approximate surface area is 173 Å². The minimum atomic E-state index is -3.02. The largest absolute Gasteiger partial charge is 0.449 e. The molecule has 0 unspecified atom stereocenters. The van der Waals surface area contributed by atoms with Gasteiger partial charge in [-0.15, -0.1) is 0 Å². The first-order chi connectivity index (χ1) is 14.3. The van der Waals surface area contributed by atoms with Gasteiger partial charge in [0.2, 0.25) is 0 Å². The van der Waals surface area contributed by atoms with Gasteiger partial charge in [0.05, 0.1) is 5.69 Å². The van der Waals surface area contributed by atoms with Gasteiger partial charge in [-0.2, -0.15) is 8.78 Å². The van der Waals surface area contributed by atoms with Crippen LogP contribution in [0.2, 0.25) is 0 Å². The van der Waals surface area contributed by atoms with E-state index in [-0.39, 0.29) is 11.4 Å². The summed E-state index contributed by atoms with van der Waals surface area (Å²) in [7, 11) is 0. The van der Waals surface area contributed by atoms with E-state index >= 15 is 0 Å². The molecule has 1 aromatic heterocycles. The lowest BCUT2D eigenvalue weighted by Gasteiger charge is -2.15. The summed E-state index contributed by atoms with van der Waals surface area (Å²) in [5, 5.41) is 2.43. The van der Waals surface area contributed by atoms with Gasteiger partial charge in [0.1, 0.15) is 5.75 Å². The molecule has 1 heterocycles. The van der Waals surface area contributed by atoms with E-state index < -0.39 is 24.6 Å². The number of amides is 1. The monoisotopic (exact) mass is 418 g/mol. The highest BCUT2D eigenvalue weighted by molar-refractivity contribution is 5.97. The predicted octanol–water partition coefficient (Wildman–Crippen LogP) is 4.62. The molecule has 1 amide bonds. The number of hydrogen-bond donors (Lipinski definition) is 1. The van der Waals surface area contributed by atoms with Gasteiger partial charge in [-0.25, -0.2) is 4.79 Å². The van der Waals surface area contributed by atoms with E-state index in [1.807, 2.05) is 19.9 Å². The highest BCUT2D eigenvalue weighted by Crippen LogP contribution is 2.38. The van der Waals surface area contributed by atoms with Crippen LogP contribution >= 0.6 is 0 Å². The maximum absolute atomic E-state index is 12.5. The van der Waals surface area contributed by atoms with Crippen molar-refractivity contribution in [2.45, 2.75) is 52.4 Å². The van der Waals surface area contributed by atoms with Crippen molar-refractivity contribution >= 4 is 23.6 Å². The summed E-state index contributed by atoms with van der Waals surface area (Å²) in [6, 6.07) is 8.33. The number of carbonyl (C=O) groups is 2. The fourth-order valence-electron chi connectivity index (χ4n) is 3.29. The van der Waals surface area contributed by atoms with Crippen molar-refractivity contribution in [3.8, 4) is 5.75 Å². The van der Waals surface area contributed by atoms with Gasteiger partial charge < -0.3 is 19.4 Å². The molecule has 1 aliphatic carbocycles. The number of esters is 1. The summed E-state index contributed by atoms with van der Waals surface area (Å²) in [6.07, 6.45) is 4.15. The number of aromatic nitrogens is 1. The van der Waals surface area contributed by atoms with Gasteiger partial charge in [-0.1, -0.05) is 12.1 Å². The Morgan fingerprint density at radius 2 is 1.93 bits per heavy atom. The highest BCUT2D eigenvalue weighted by atomic mass is 19.3. The number of rotatable bonds is 8. The lowest BCUT2D eigenvalue weighted by Crippen LogP contribution is -2.29. The number of anilines is 1. The standard InChI is InChI=1S/C22H24F2N2O4/c1-13-12-16(14(2)26(13)17-9-10-17)8-11-20(27)29-15(3)21(28)25-18-6-4-5-7-19(18)30-22(23)24/h4-8,11-12,15,17,22H,9-10H2,1-3H3,(H,25,28)/b11-8+/t15-/m0/s1. The highest BCUT2D eigenvalue weighted by Gasteiger charge is 2.26. The predicted molar refractivity (Wildman–Crippen MR) is 108 cm³/mol. The Morgan fingerprint density at radius 3 is 2.60 bits per heavy atom. The van der Waals surface area contributed by atoms with E-state index in [1.165, 1.54) is 44.0 Å². The molecular weight excluding hydrogens is 394 g/mol. The van der Waals surface area contributed by atoms with E-state index in [1.54, 1.807) is 12.1 Å². The molecule has 0 bridgehead atoms. The fraction of sp³-hybridized carbons (Fsp3) is 0.364. The van der Waals surface area contributed by atoms with E-state index in [0.29, 0.717) is 6.04 Å². The van der Waals surface area contributed by atoms with Gasteiger partial charge in [0.25, 0.3) is 5.91 Å². The van der Waals surface area contributed by atoms with Crippen LogP contribution in [0.3, 0.4) is 0 Å². The topological polar surface area (TPSA) is 69.6 Å². The van der Waals surface area contributed by atoms with Crippen LogP contribution < -0.4 is 10.1 Å². The number of alkyl halides is 2. The summed E-state index contributed by atoms with van der Waals surface area (Å²) >= 11 is 0. The zero-order valence-electron chi connectivity index (χ0n) is 17.0. The zero-order valence-corrected chi connectivity index (χ0v) is 17.0. The summed E-state index contributed by atoms with van der Waals surface area (Å²) in [4.78, 5) is 24.4. The molecular formula is C22H24F2N2O4. The maximum Gasteiger partial charge on any atom is 0.387 e. The van der Waals surface area contributed by atoms with Crippen LogP contribution in [0, 0.1) is 13.8 Å². The number of carbonyl (C=O) groups excluding carboxylic acids is 2. The molecule has 1 aromatic carbocycles. The third-order valence-electron chi connectivity index (χ3n) is 4.86. The van der Waals surface area contributed by atoms with Gasteiger partial charge in [-0.05, 0) is 63.5 Å². The normalized spacial score (nSPS) is 14.7. The molecule has 0 aliphatic heterocycles. The average Bonchev–Trinajstić information content (AvgIpc) is 3.46. The van der Waals surface area contributed by atoms with Gasteiger partial charge in [0, 0.05) is 23.5 Å². The molecule has 3 rings (SSSR count). The van der Waals surface area contributed by atoms with E-state index in [4.69, 9.17) is 4.74 Å². The first kappa shape index (κ1) is 21.5. The van der Waals surface area contributed by atoms with Crippen LogP contribution in [0.5, 0.6) is 5.75 Å². The number of ether oxygens (including phenoxy) is 2. The number of hydrogen-bond acceptors (Lipinski definition) is 4. The number of halogens is 2. The molecule has 30 heavy (non-hydrogen) atoms. The Morgan fingerprint density at radius 1 is 1.23 bits per heavy atom. The van der Waals surface area contributed by atoms with Crippen LogP contribution in [-0.2, 0) is 14.3 Å². The molecule has 0 saturated heterocycles. The third-order valence-corrected chi connectivity index (χ3v) is 4.86. The average molecular weight is 418 g/mol. The first-order valence-corrected chi connectivity index (χ1v) is 9.68. The van der Waals surface area contributed by atoms with E-state index in [0.717, 1.165) is 17.0 Å². The minimum absolute atomic E-state index is 0.0637. The van der Waals surface area contributed by atoms with Crippen molar-refractivity contribution in [1.29, 1.82) is 0 Å². The van der Waals surface area contributed by atoms with Crippen LogP contribution in [0.25, 0.3) is 6.08 Å². The maximum atomic E-state index is 12.5. The lowest BCUT2D eigenvalue weighted by molar-refractivity contribution is -0.148. The summed E-state index contributed by atoms with van der Waals surface area (Å²) in [5.74, 6) is -1.51. The van der Waals surface area contributed by atoms with Crippen molar-refractivity contribution in [2.24, 2.45) is 0 Å². The van der Waals surface area contributed by atoms with Crippen molar-refractivity contribution < 1.29 is 27.8 Å². The van der Waals surface area contributed by atoms with Crippen LogP contribution in [0.4, 0.5) is 14.5 Å². The Balaban J connectivity index is 1.59. The van der Waals surface area contributed by atoms with Crippen molar-refractivity contribution in [3.63, 3.8) is 0 Å². The van der Waals surface area contributed by atoms with E-state index in [2.05, 4.69) is 14.6 Å². The molecule has 1 aliphatic rings. The van der Waals surface area contributed by atoms with Crippen LogP contribution in [0.1, 0.15) is 42.8 Å². The zero-order chi connectivity index (χ0) is 21.8. The smallest absolute Gasteiger partial charge is 0.387 e. The van der Waals surface area contributed by atoms with E-state index in [9.17, 15) is 18.4 Å². The quantitative estimate of drug-likeness (QED) is 0.502. The summed E-state index contributed by atoms with van der Waals surface area (Å²) < 4.78 is 36.7.